The fourth-order valence-corrected chi connectivity index (χ4v) is 7.84. The Morgan fingerprint density at radius 3 is 2.16 bits per heavy atom. The number of β-amino-alcohol motifs (C(OH)–C–C–N with tert-alkyl or cyclic N) is 1. The molecule has 3 heterocycles. The molecule has 4 aromatic rings. The lowest BCUT2D eigenvalue weighted by Gasteiger charge is -2.42. The first-order chi connectivity index (χ1) is 25.0. The fraction of sp³-hybridized carbons (Fsp3) is 0.465. The molecule has 2 aliphatic heterocycles. The second kappa shape index (κ2) is 18.8. The molecule has 3 atom stereocenters. The summed E-state index contributed by atoms with van der Waals surface area (Å²) in [5.41, 5.74) is 3.47. The summed E-state index contributed by atoms with van der Waals surface area (Å²) < 4.78 is 6.06. The van der Waals surface area contributed by atoms with Crippen molar-refractivity contribution in [3.63, 3.8) is 0 Å². The van der Waals surface area contributed by atoms with E-state index in [1.165, 1.54) is 11.1 Å². The van der Waals surface area contributed by atoms with Gasteiger partial charge in [0.2, 0.25) is 11.8 Å². The number of amides is 2. The fourth-order valence-electron chi connectivity index (χ4n) is 7.84. The number of hydrogen-bond donors (Lipinski definition) is 2. The van der Waals surface area contributed by atoms with Gasteiger partial charge in [0.15, 0.2) is 0 Å². The van der Waals surface area contributed by atoms with Crippen LogP contribution in [-0.2, 0) is 22.4 Å². The summed E-state index contributed by atoms with van der Waals surface area (Å²) in [4.78, 5) is 36.8. The number of piperidine rings is 2. The lowest BCUT2D eigenvalue weighted by Crippen LogP contribution is -2.59. The van der Waals surface area contributed by atoms with E-state index in [2.05, 4.69) is 63.7 Å². The molecule has 3 aromatic carbocycles. The number of aliphatic hydroxyl groups is 1. The molecule has 0 aliphatic carbocycles. The highest BCUT2D eigenvalue weighted by Crippen LogP contribution is 2.27. The van der Waals surface area contributed by atoms with Crippen LogP contribution >= 0.6 is 0 Å². The normalized spacial score (nSPS) is 18.8. The summed E-state index contributed by atoms with van der Waals surface area (Å²) in [6, 6.07) is 29.9. The molecule has 6 rings (SSSR count). The number of pyridine rings is 1. The number of benzene rings is 3. The molecule has 2 N–H and O–H groups in total. The van der Waals surface area contributed by atoms with Gasteiger partial charge in [-0.25, -0.2) is 0 Å². The smallest absolute Gasteiger partial charge is 0.243 e. The van der Waals surface area contributed by atoms with Crippen molar-refractivity contribution in [2.45, 2.75) is 101 Å². The number of nitrogens with one attached hydrogen (secondary N) is 1. The third-order valence-corrected chi connectivity index (χ3v) is 10.5. The highest BCUT2D eigenvalue weighted by atomic mass is 16.5. The third-order valence-electron chi connectivity index (χ3n) is 10.5. The van der Waals surface area contributed by atoms with Crippen LogP contribution in [0, 0.1) is 0 Å². The maximum Gasteiger partial charge on any atom is 0.243 e. The van der Waals surface area contributed by atoms with Gasteiger partial charge in [0.05, 0.1) is 11.6 Å². The van der Waals surface area contributed by atoms with E-state index < -0.39 is 12.1 Å². The van der Waals surface area contributed by atoms with Crippen molar-refractivity contribution >= 4 is 22.7 Å². The first-order valence-electron chi connectivity index (χ1n) is 19.1. The van der Waals surface area contributed by atoms with Gasteiger partial charge in [-0.05, 0) is 113 Å². The number of ether oxygens (including phenoxy) is 1. The van der Waals surface area contributed by atoms with Crippen LogP contribution in [0.3, 0.4) is 0 Å². The number of likely N-dealkylation sites (tertiary alicyclic amines) is 2. The molecule has 2 amide bonds. The minimum absolute atomic E-state index is 0.0205. The van der Waals surface area contributed by atoms with E-state index in [0.717, 1.165) is 88.1 Å². The molecule has 0 radical (unpaired) electrons. The van der Waals surface area contributed by atoms with Crippen LogP contribution in [0.1, 0.15) is 75.3 Å². The van der Waals surface area contributed by atoms with Gasteiger partial charge in [0.1, 0.15) is 24.5 Å². The molecular weight excluding hydrogens is 636 g/mol. The predicted molar refractivity (Wildman–Crippen MR) is 202 cm³/mol. The first-order valence-corrected chi connectivity index (χ1v) is 19.1. The van der Waals surface area contributed by atoms with Crippen molar-refractivity contribution in [1.82, 2.24) is 20.1 Å². The van der Waals surface area contributed by atoms with Crippen molar-refractivity contribution < 1.29 is 19.4 Å². The summed E-state index contributed by atoms with van der Waals surface area (Å²) in [7, 11) is 0. The van der Waals surface area contributed by atoms with Crippen molar-refractivity contribution in [2.75, 3.05) is 26.2 Å². The zero-order valence-electron chi connectivity index (χ0n) is 29.9. The Morgan fingerprint density at radius 2 is 1.45 bits per heavy atom. The van der Waals surface area contributed by atoms with Gasteiger partial charge in [-0.15, -0.1) is 0 Å². The Morgan fingerprint density at radius 1 is 0.784 bits per heavy atom. The molecule has 270 valence electrons. The van der Waals surface area contributed by atoms with E-state index in [4.69, 9.17) is 4.74 Å². The van der Waals surface area contributed by atoms with E-state index in [0.29, 0.717) is 25.3 Å². The van der Waals surface area contributed by atoms with Crippen molar-refractivity contribution in [2.24, 2.45) is 0 Å². The van der Waals surface area contributed by atoms with E-state index in [9.17, 15) is 14.7 Å². The number of fused-ring (bicyclic) bond motifs is 1. The summed E-state index contributed by atoms with van der Waals surface area (Å²) in [5, 5.41) is 15.4. The minimum atomic E-state index is -0.765. The molecule has 2 aliphatic rings. The molecule has 2 saturated heterocycles. The Balaban J connectivity index is 1.07. The van der Waals surface area contributed by atoms with Crippen LogP contribution < -0.4 is 10.1 Å². The van der Waals surface area contributed by atoms with Crippen LogP contribution in [0.4, 0.5) is 0 Å². The average Bonchev–Trinajstić information content (AvgIpc) is 3.17. The number of nitrogens with zero attached hydrogens (tertiary/aromatic N) is 3. The second-order valence-electron chi connectivity index (χ2n) is 14.3. The Hall–Kier alpha value is -4.27. The molecule has 8 nitrogen and oxygen atoms in total. The predicted octanol–water partition coefficient (Wildman–Crippen LogP) is 6.74. The summed E-state index contributed by atoms with van der Waals surface area (Å²) in [6.45, 7) is 1.79. The molecule has 1 aromatic heterocycles. The van der Waals surface area contributed by atoms with Crippen LogP contribution in [-0.4, -0.2) is 82.2 Å². The van der Waals surface area contributed by atoms with E-state index in [1.807, 2.05) is 47.4 Å². The lowest BCUT2D eigenvalue weighted by atomic mass is 9.95. The molecule has 2 fully saturated rings. The number of aliphatic hydroxyl groups excluding tert-OH is 1. The topological polar surface area (TPSA) is 95.0 Å². The van der Waals surface area contributed by atoms with Crippen molar-refractivity contribution in [1.29, 1.82) is 0 Å². The second-order valence-corrected chi connectivity index (χ2v) is 14.3. The summed E-state index contributed by atoms with van der Waals surface area (Å²) in [6.07, 6.45) is 11.9. The zero-order valence-corrected chi connectivity index (χ0v) is 29.9. The maximum atomic E-state index is 14.3. The lowest BCUT2D eigenvalue weighted by molar-refractivity contribution is -0.148. The molecule has 2 unspecified atom stereocenters. The Kier molecular flexibility index (Phi) is 13.5. The van der Waals surface area contributed by atoms with Crippen LogP contribution in [0.2, 0.25) is 0 Å². The zero-order chi connectivity index (χ0) is 35.3. The molecular formula is C43H54N4O4. The van der Waals surface area contributed by atoms with Gasteiger partial charge in [-0.3, -0.25) is 19.5 Å². The quantitative estimate of drug-likeness (QED) is 0.135. The highest BCUT2D eigenvalue weighted by molar-refractivity contribution is 5.90. The van der Waals surface area contributed by atoms with E-state index in [-0.39, 0.29) is 30.5 Å². The monoisotopic (exact) mass is 690 g/mol. The molecule has 8 heteroatoms. The van der Waals surface area contributed by atoms with Gasteiger partial charge in [-0.2, -0.15) is 0 Å². The standard InChI is InChI=1S/C43H54N4O4/c48-36(32-51-41-27-13-24-38-37(41)23-14-28-44-38)31-46-29-9-7-26-40(46)43(50)47-30-10-8-25-39(47)42(49)45-35(21-11-19-33-15-3-1-4-16-33)22-12-20-34-17-5-2-6-18-34/h1-6,13-18,23-24,27-28,35-36,39-40,48H,7-12,19-22,25-26,29-32H2,(H,45,49)/t36-,39?,40?/m1/s1. The number of carbonyl (C=O) groups is 2. The number of aromatic nitrogens is 1. The number of hydrogen-bond acceptors (Lipinski definition) is 6. The van der Waals surface area contributed by atoms with E-state index in [1.54, 1.807) is 6.20 Å². The Labute approximate surface area is 303 Å². The average molecular weight is 691 g/mol. The number of carbonyl (C=O) groups excluding carboxylic acids is 2. The largest absolute Gasteiger partial charge is 0.490 e. The summed E-state index contributed by atoms with van der Waals surface area (Å²) in [5.74, 6) is 0.687. The highest BCUT2D eigenvalue weighted by Gasteiger charge is 2.39. The summed E-state index contributed by atoms with van der Waals surface area (Å²) >= 11 is 0. The van der Waals surface area contributed by atoms with Crippen LogP contribution in [0.15, 0.2) is 97.2 Å². The number of aryl methyl sites for hydroxylation is 2. The van der Waals surface area contributed by atoms with Gasteiger partial charge < -0.3 is 20.1 Å². The molecule has 0 spiro atoms. The van der Waals surface area contributed by atoms with Crippen molar-refractivity contribution in [3.8, 4) is 5.75 Å². The van der Waals surface area contributed by atoms with Crippen molar-refractivity contribution in [3.05, 3.63) is 108 Å². The number of rotatable bonds is 16. The first kappa shape index (κ1) is 36.5. The van der Waals surface area contributed by atoms with Crippen LogP contribution in [0.25, 0.3) is 10.9 Å². The van der Waals surface area contributed by atoms with E-state index >= 15 is 0 Å². The minimum Gasteiger partial charge on any atom is -0.490 e. The van der Waals surface area contributed by atoms with Gasteiger partial charge in [-0.1, -0.05) is 73.2 Å². The Bertz CT molecular complexity index is 1620. The van der Waals surface area contributed by atoms with Gasteiger partial charge >= 0.3 is 0 Å². The van der Waals surface area contributed by atoms with Crippen LogP contribution in [0.5, 0.6) is 5.75 Å². The molecule has 0 saturated carbocycles. The van der Waals surface area contributed by atoms with Gasteiger partial charge in [0, 0.05) is 30.7 Å². The maximum absolute atomic E-state index is 14.3. The van der Waals surface area contributed by atoms with Gasteiger partial charge in [0.25, 0.3) is 0 Å². The molecule has 51 heavy (non-hydrogen) atoms. The SMILES string of the molecule is O=C(NC(CCCc1ccccc1)CCCc1ccccc1)C1CCCCN1C(=O)C1CCCCN1C[C@@H](O)COc1cccc2ncccc12. The molecule has 0 bridgehead atoms. The third kappa shape index (κ3) is 10.4.